The molecule has 1 aliphatic heterocycles. The molecule has 2 atom stereocenters. The number of nitrogens with zero attached hydrogens (tertiary/aromatic N) is 1. The molecule has 1 aliphatic rings. The van der Waals surface area contributed by atoms with Crippen LogP contribution < -0.4 is 10.1 Å². The van der Waals surface area contributed by atoms with Gasteiger partial charge >= 0.3 is 0 Å². The Labute approximate surface area is 128 Å². The van der Waals surface area contributed by atoms with Crippen LogP contribution in [-0.4, -0.2) is 56.9 Å². The fourth-order valence-electron chi connectivity index (χ4n) is 2.94. The van der Waals surface area contributed by atoms with Crippen LogP contribution in [-0.2, 0) is 11.2 Å². The summed E-state index contributed by atoms with van der Waals surface area (Å²) in [6, 6.07) is 9.08. The van der Waals surface area contributed by atoms with Gasteiger partial charge in [0.15, 0.2) is 0 Å². The summed E-state index contributed by atoms with van der Waals surface area (Å²) in [5.41, 5.74) is 1.23. The number of ether oxygens (including phenoxy) is 2. The molecule has 0 amide bonds. The molecule has 1 heterocycles. The maximum atomic E-state index is 6.01. The Bertz CT molecular complexity index is 437. The van der Waals surface area contributed by atoms with Crippen molar-refractivity contribution >= 4 is 0 Å². The van der Waals surface area contributed by atoms with E-state index in [1.165, 1.54) is 5.56 Å². The predicted octanol–water partition coefficient (Wildman–Crippen LogP) is 1.93. The smallest absolute Gasteiger partial charge is 0.122 e. The van der Waals surface area contributed by atoms with Crippen molar-refractivity contribution in [1.29, 1.82) is 0 Å². The van der Waals surface area contributed by atoms with Crippen LogP contribution in [0.4, 0.5) is 0 Å². The molecule has 1 aromatic carbocycles. The van der Waals surface area contributed by atoms with Crippen molar-refractivity contribution in [3.8, 4) is 5.75 Å². The molecular formula is C17H28N2O2. The molecule has 1 saturated heterocycles. The van der Waals surface area contributed by atoms with Crippen molar-refractivity contribution in [3.05, 3.63) is 29.8 Å². The van der Waals surface area contributed by atoms with E-state index in [9.17, 15) is 0 Å². The fourth-order valence-corrected chi connectivity index (χ4v) is 2.94. The van der Waals surface area contributed by atoms with Crippen molar-refractivity contribution in [3.63, 3.8) is 0 Å². The number of nitrogens with one attached hydrogen (secondary N) is 1. The van der Waals surface area contributed by atoms with Gasteiger partial charge in [-0.3, -0.25) is 4.90 Å². The van der Waals surface area contributed by atoms with E-state index in [0.29, 0.717) is 12.1 Å². The minimum atomic E-state index is 0.219. The first kappa shape index (κ1) is 16.3. The molecule has 2 rings (SSSR count). The number of methoxy groups -OCH3 is 1. The van der Waals surface area contributed by atoms with E-state index in [4.69, 9.17) is 9.47 Å². The fraction of sp³-hybridized carbons (Fsp3) is 0.647. The number of rotatable bonds is 6. The minimum absolute atomic E-state index is 0.219. The summed E-state index contributed by atoms with van der Waals surface area (Å²) in [4.78, 5) is 2.49. The van der Waals surface area contributed by atoms with E-state index < -0.39 is 0 Å². The molecular weight excluding hydrogens is 264 g/mol. The van der Waals surface area contributed by atoms with Crippen LogP contribution in [0.15, 0.2) is 24.3 Å². The molecule has 4 heteroatoms. The highest BCUT2D eigenvalue weighted by molar-refractivity contribution is 5.34. The number of para-hydroxylation sites is 1. The van der Waals surface area contributed by atoms with E-state index in [2.05, 4.69) is 36.2 Å². The number of hydrogen-bond donors (Lipinski definition) is 1. The quantitative estimate of drug-likeness (QED) is 0.869. The van der Waals surface area contributed by atoms with E-state index in [-0.39, 0.29) is 6.10 Å². The third-order valence-electron chi connectivity index (χ3n) is 4.31. The highest BCUT2D eigenvalue weighted by Gasteiger charge is 2.28. The maximum absolute atomic E-state index is 6.01. The average molecular weight is 292 g/mol. The maximum Gasteiger partial charge on any atom is 0.122 e. The second kappa shape index (κ2) is 7.78. The van der Waals surface area contributed by atoms with Gasteiger partial charge in [0.25, 0.3) is 0 Å². The summed E-state index contributed by atoms with van der Waals surface area (Å²) < 4.78 is 11.5. The van der Waals surface area contributed by atoms with Gasteiger partial charge < -0.3 is 14.8 Å². The minimum Gasteiger partial charge on any atom is -0.496 e. The van der Waals surface area contributed by atoms with Crippen LogP contribution in [0.5, 0.6) is 5.75 Å². The Kier molecular flexibility index (Phi) is 6.03. The summed E-state index contributed by atoms with van der Waals surface area (Å²) in [6.07, 6.45) is 1.13. The van der Waals surface area contributed by atoms with Crippen molar-refractivity contribution in [1.82, 2.24) is 10.2 Å². The summed E-state index contributed by atoms with van der Waals surface area (Å²) in [7, 11) is 3.74. The summed E-state index contributed by atoms with van der Waals surface area (Å²) in [6.45, 7) is 7.32. The molecule has 0 aromatic heterocycles. The van der Waals surface area contributed by atoms with Crippen molar-refractivity contribution < 1.29 is 9.47 Å². The molecule has 4 nitrogen and oxygen atoms in total. The van der Waals surface area contributed by atoms with Gasteiger partial charge in [-0.25, -0.2) is 0 Å². The van der Waals surface area contributed by atoms with Crippen LogP contribution in [0, 0.1) is 0 Å². The first-order chi connectivity index (χ1) is 10.2. The van der Waals surface area contributed by atoms with Crippen molar-refractivity contribution in [2.75, 3.05) is 33.9 Å². The van der Waals surface area contributed by atoms with E-state index in [1.807, 2.05) is 19.2 Å². The van der Waals surface area contributed by atoms with Crippen LogP contribution in [0.2, 0.25) is 0 Å². The van der Waals surface area contributed by atoms with Gasteiger partial charge in [-0.05, 0) is 38.9 Å². The Morgan fingerprint density at radius 2 is 2.14 bits per heavy atom. The number of benzene rings is 1. The van der Waals surface area contributed by atoms with Crippen LogP contribution >= 0.6 is 0 Å². The topological polar surface area (TPSA) is 33.7 Å². The summed E-state index contributed by atoms with van der Waals surface area (Å²) >= 11 is 0. The molecule has 0 spiro atoms. The molecule has 1 aromatic rings. The lowest BCUT2D eigenvalue weighted by atomic mass is 9.99. The number of morpholine rings is 1. The van der Waals surface area contributed by atoms with Gasteiger partial charge in [-0.1, -0.05) is 18.2 Å². The van der Waals surface area contributed by atoms with Gasteiger partial charge in [0.2, 0.25) is 0 Å². The zero-order valence-electron chi connectivity index (χ0n) is 13.6. The zero-order valence-corrected chi connectivity index (χ0v) is 13.6. The first-order valence-electron chi connectivity index (χ1n) is 7.80. The highest BCUT2D eigenvalue weighted by Crippen LogP contribution is 2.21. The summed E-state index contributed by atoms with van der Waals surface area (Å²) in [5, 5.41) is 3.42. The lowest BCUT2D eigenvalue weighted by Gasteiger charge is -2.39. The third-order valence-corrected chi connectivity index (χ3v) is 4.31. The lowest BCUT2D eigenvalue weighted by Crippen LogP contribution is -2.53. The normalized spacial score (nSPS) is 21.5. The largest absolute Gasteiger partial charge is 0.496 e. The van der Waals surface area contributed by atoms with E-state index in [0.717, 1.165) is 31.9 Å². The van der Waals surface area contributed by atoms with Crippen LogP contribution in [0.1, 0.15) is 19.4 Å². The van der Waals surface area contributed by atoms with Gasteiger partial charge in [0.1, 0.15) is 5.75 Å². The average Bonchev–Trinajstić information content (AvgIpc) is 2.53. The Morgan fingerprint density at radius 3 is 2.81 bits per heavy atom. The van der Waals surface area contributed by atoms with Crippen molar-refractivity contribution in [2.45, 2.75) is 38.5 Å². The molecule has 0 radical (unpaired) electrons. The standard InChI is InChI=1S/C17H28N2O2/c1-13(2)19-9-10-21-17(12-19)15(18-3)11-14-7-5-6-8-16(14)20-4/h5-8,13,15,17-18H,9-12H2,1-4H3. The van der Waals surface area contributed by atoms with Gasteiger partial charge in [-0.2, -0.15) is 0 Å². The van der Waals surface area contributed by atoms with E-state index >= 15 is 0 Å². The molecule has 21 heavy (non-hydrogen) atoms. The molecule has 0 saturated carbocycles. The SMILES string of the molecule is CNC(Cc1ccccc1OC)C1CN(C(C)C)CCO1. The number of hydrogen-bond acceptors (Lipinski definition) is 4. The Hall–Kier alpha value is -1.10. The van der Waals surface area contributed by atoms with Crippen LogP contribution in [0.25, 0.3) is 0 Å². The summed E-state index contributed by atoms with van der Waals surface area (Å²) in [5.74, 6) is 0.953. The molecule has 2 unspecified atom stereocenters. The molecule has 0 bridgehead atoms. The Balaban J connectivity index is 2.05. The molecule has 0 aliphatic carbocycles. The highest BCUT2D eigenvalue weighted by atomic mass is 16.5. The molecule has 1 fully saturated rings. The number of likely N-dealkylation sites (N-methyl/N-ethyl adjacent to an activating group) is 1. The second-order valence-electron chi connectivity index (χ2n) is 5.91. The van der Waals surface area contributed by atoms with Gasteiger partial charge in [0, 0.05) is 25.2 Å². The Morgan fingerprint density at radius 1 is 1.38 bits per heavy atom. The first-order valence-corrected chi connectivity index (χ1v) is 7.80. The van der Waals surface area contributed by atoms with Crippen molar-refractivity contribution in [2.24, 2.45) is 0 Å². The molecule has 118 valence electrons. The third kappa shape index (κ3) is 4.19. The van der Waals surface area contributed by atoms with Gasteiger partial charge in [0.05, 0.1) is 19.8 Å². The second-order valence-corrected chi connectivity index (χ2v) is 5.91. The zero-order chi connectivity index (χ0) is 15.2. The van der Waals surface area contributed by atoms with Crippen LogP contribution in [0.3, 0.4) is 0 Å². The van der Waals surface area contributed by atoms with E-state index in [1.54, 1.807) is 7.11 Å². The van der Waals surface area contributed by atoms with Gasteiger partial charge in [-0.15, -0.1) is 0 Å². The lowest BCUT2D eigenvalue weighted by molar-refractivity contribution is -0.0542. The monoisotopic (exact) mass is 292 g/mol. The predicted molar refractivity (Wildman–Crippen MR) is 86.0 cm³/mol. The molecule has 1 N–H and O–H groups in total.